The fourth-order valence-electron chi connectivity index (χ4n) is 1.35. The number of hydrogen-bond donors (Lipinski definition) is 1. The summed E-state index contributed by atoms with van der Waals surface area (Å²) in [7, 11) is 0. The summed E-state index contributed by atoms with van der Waals surface area (Å²) < 4.78 is 5.41. The lowest BCUT2D eigenvalue weighted by atomic mass is 10.1. The van der Waals surface area contributed by atoms with E-state index in [1.54, 1.807) is 6.07 Å². The first-order valence-electron chi connectivity index (χ1n) is 4.75. The maximum atomic E-state index is 10.5. The van der Waals surface area contributed by atoms with Gasteiger partial charge in [0.25, 0.3) is 0 Å². The average Bonchev–Trinajstić information content (AvgIpc) is 2.21. The molecule has 0 saturated carbocycles. The van der Waals surface area contributed by atoms with Gasteiger partial charge in [0.05, 0.1) is 12.3 Å². The molecular weight excluding hydrogens is 214 g/mol. The Bertz CT molecular complexity index is 377. The number of nitrogens with two attached hydrogens (primary N) is 1. The van der Waals surface area contributed by atoms with Crippen LogP contribution in [0.25, 0.3) is 0 Å². The van der Waals surface area contributed by atoms with E-state index < -0.39 is 0 Å². The van der Waals surface area contributed by atoms with Crippen LogP contribution in [0.4, 0.5) is 5.69 Å². The van der Waals surface area contributed by atoms with E-state index in [-0.39, 0.29) is 6.42 Å². The van der Waals surface area contributed by atoms with Crippen LogP contribution in [0.2, 0.25) is 5.02 Å². The molecule has 0 bridgehead atoms. The van der Waals surface area contributed by atoms with Gasteiger partial charge in [0, 0.05) is 17.0 Å². The van der Waals surface area contributed by atoms with E-state index in [9.17, 15) is 4.79 Å². The Morgan fingerprint density at radius 2 is 2.27 bits per heavy atom. The summed E-state index contributed by atoms with van der Waals surface area (Å²) in [6.07, 6.45) is 1.07. The van der Waals surface area contributed by atoms with Crippen molar-refractivity contribution in [3.05, 3.63) is 22.2 Å². The first-order valence-corrected chi connectivity index (χ1v) is 5.13. The Morgan fingerprint density at radius 1 is 1.60 bits per heavy atom. The molecule has 3 nitrogen and oxygen atoms in total. The normalized spacial score (nSPS) is 10.1. The second-order valence-electron chi connectivity index (χ2n) is 3.19. The van der Waals surface area contributed by atoms with Gasteiger partial charge in [0.15, 0.2) is 0 Å². The molecule has 0 aliphatic carbocycles. The van der Waals surface area contributed by atoms with Gasteiger partial charge in [-0.2, -0.15) is 0 Å². The number of aldehydes is 1. The molecule has 0 aliphatic heterocycles. The SMILES string of the molecule is CCOc1c(CC=O)cc(Cl)c(C)c1N. The largest absolute Gasteiger partial charge is 0.491 e. The van der Waals surface area contributed by atoms with Crippen molar-refractivity contribution in [1.29, 1.82) is 0 Å². The minimum absolute atomic E-state index is 0.263. The van der Waals surface area contributed by atoms with Crippen molar-refractivity contribution in [2.45, 2.75) is 20.3 Å². The molecule has 0 aliphatic rings. The van der Waals surface area contributed by atoms with Gasteiger partial charge in [-0.25, -0.2) is 0 Å². The van der Waals surface area contributed by atoms with Gasteiger partial charge in [-0.15, -0.1) is 0 Å². The van der Waals surface area contributed by atoms with Gasteiger partial charge in [-0.3, -0.25) is 0 Å². The van der Waals surface area contributed by atoms with Crippen LogP contribution in [0.3, 0.4) is 0 Å². The van der Waals surface area contributed by atoms with Crippen LogP contribution in [0.5, 0.6) is 5.75 Å². The van der Waals surface area contributed by atoms with Crippen LogP contribution in [-0.4, -0.2) is 12.9 Å². The van der Waals surface area contributed by atoms with E-state index in [0.717, 1.165) is 17.4 Å². The van der Waals surface area contributed by atoms with Crippen LogP contribution >= 0.6 is 11.6 Å². The van der Waals surface area contributed by atoms with Crippen LogP contribution in [-0.2, 0) is 11.2 Å². The lowest BCUT2D eigenvalue weighted by molar-refractivity contribution is -0.107. The van der Waals surface area contributed by atoms with Crippen molar-refractivity contribution in [2.75, 3.05) is 12.3 Å². The molecule has 0 radical (unpaired) electrons. The van der Waals surface area contributed by atoms with Crippen LogP contribution in [0.1, 0.15) is 18.1 Å². The number of ether oxygens (including phenoxy) is 1. The summed E-state index contributed by atoms with van der Waals surface area (Å²) in [5, 5.41) is 0.563. The predicted octanol–water partition coefficient (Wildman–Crippen LogP) is 2.37. The molecule has 1 aromatic rings. The Balaban J connectivity index is 3.29. The van der Waals surface area contributed by atoms with E-state index in [1.807, 2.05) is 13.8 Å². The third-order valence-corrected chi connectivity index (χ3v) is 2.58. The predicted molar refractivity (Wildman–Crippen MR) is 61.5 cm³/mol. The summed E-state index contributed by atoms with van der Waals surface area (Å²) in [6, 6.07) is 1.73. The molecule has 4 heteroatoms. The number of carbonyl (C=O) groups excluding carboxylic acids is 1. The molecule has 82 valence electrons. The van der Waals surface area contributed by atoms with Crippen molar-refractivity contribution < 1.29 is 9.53 Å². The lowest BCUT2D eigenvalue weighted by Gasteiger charge is -2.14. The van der Waals surface area contributed by atoms with E-state index in [1.165, 1.54) is 0 Å². The second-order valence-corrected chi connectivity index (χ2v) is 3.60. The van der Waals surface area contributed by atoms with Crippen molar-refractivity contribution in [2.24, 2.45) is 0 Å². The van der Waals surface area contributed by atoms with Gasteiger partial charge in [0.2, 0.25) is 0 Å². The van der Waals surface area contributed by atoms with Gasteiger partial charge >= 0.3 is 0 Å². The maximum Gasteiger partial charge on any atom is 0.146 e. The summed E-state index contributed by atoms with van der Waals surface area (Å²) in [5.74, 6) is 0.575. The third kappa shape index (κ3) is 2.42. The Morgan fingerprint density at radius 3 is 2.80 bits per heavy atom. The smallest absolute Gasteiger partial charge is 0.146 e. The van der Waals surface area contributed by atoms with E-state index in [2.05, 4.69) is 0 Å². The molecule has 0 heterocycles. The molecule has 0 amide bonds. The van der Waals surface area contributed by atoms with Gasteiger partial charge in [-0.05, 0) is 25.5 Å². The maximum absolute atomic E-state index is 10.5. The zero-order valence-corrected chi connectivity index (χ0v) is 9.60. The standard InChI is InChI=1S/C11H14ClNO2/c1-3-15-11-8(4-5-14)6-9(12)7(2)10(11)13/h5-6H,3-4,13H2,1-2H3. The molecular formula is C11H14ClNO2. The minimum Gasteiger partial charge on any atom is -0.491 e. The Labute approximate surface area is 94.2 Å². The summed E-state index contributed by atoms with van der Waals surface area (Å²) >= 11 is 5.98. The molecule has 0 spiro atoms. The average molecular weight is 228 g/mol. The summed E-state index contributed by atoms with van der Waals surface area (Å²) in [4.78, 5) is 10.5. The van der Waals surface area contributed by atoms with Gasteiger partial charge in [0.1, 0.15) is 12.0 Å². The number of hydrogen-bond acceptors (Lipinski definition) is 3. The van der Waals surface area contributed by atoms with Crippen LogP contribution < -0.4 is 10.5 Å². The molecule has 0 unspecified atom stereocenters. The fourth-order valence-corrected chi connectivity index (χ4v) is 1.59. The third-order valence-electron chi connectivity index (χ3n) is 2.19. The minimum atomic E-state index is 0.263. The highest BCUT2D eigenvalue weighted by Gasteiger charge is 2.13. The van der Waals surface area contributed by atoms with E-state index >= 15 is 0 Å². The van der Waals surface area contributed by atoms with E-state index in [0.29, 0.717) is 23.1 Å². The first-order chi connectivity index (χ1) is 7.11. The molecule has 15 heavy (non-hydrogen) atoms. The zero-order valence-electron chi connectivity index (χ0n) is 8.84. The number of benzene rings is 1. The van der Waals surface area contributed by atoms with Crippen molar-refractivity contribution in [1.82, 2.24) is 0 Å². The molecule has 2 N–H and O–H groups in total. The van der Waals surface area contributed by atoms with Crippen LogP contribution in [0.15, 0.2) is 6.07 Å². The molecule has 0 saturated heterocycles. The number of halogens is 1. The second kappa shape index (κ2) is 5.03. The Kier molecular flexibility index (Phi) is 3.97. The highest BCUT2D eigenvalue weighted by atomic mass is 35.5. The molecule has 0 fully saturated rings. The zero-order chi connectivity index (χ0) is 11.4. The topological polar surface area (TPSA) is 52.3 Å². The highest BCUT2D eigenvalue weighted by molar-refractivity contribution is 6.32. The summed E-state index contributed by atoms with van der Waals surface area (Å²) in [5.41, 5.74) is 7.91. The number of carbonyl (C=O) groups is 1. The number of rotatable bonds is 4. The van der Waals surface area contributed by atoms with Crippen molar-refractivity contribution >= 4 is 23.6 Å². The van der Waals surface area contributed by atoms with Gasteiger partial charge < -0.3 is 15.3 Å². The first kappa shape index (κ1) is 11.9. The fraction of sp³-hybridized carbons (Fsp3) is 0.364. The molecule has 0 aromatic heterocycles. The summed E-state index contributed by atoms with van der Waals surface area (Å²) in [6.45, 7) is 4.20. The molecule has 1 aromatic carbocycles. The number of anilines is 1. The van der Waals surface area contributed by atoms with Gasteiger partial charge in [-0.1, -0.05) is 11.6 Å². The lowest BCUT2D eigenvalue weighted by Crippen LogP contribution is -2.04. The quantitative estimate of drug-likeness (QED) is 0.635. The monoisotopic (exact) mass is 227 g/mol. The van der Waals surface area contributed by atoms with E-state index in [4.69, 9.17) is 22.1 Å². The number of nitrogen functional groups attached to an aromatic ring is 1. The molecule has 1 rings (SSSR count). The highest BCUT2D eigenvalue weighted by Crippen LogP contribution is 2.34. The molecule has 0 atom stereocenters. The van der Waals surface area contributed by atoms with Crippen LogP contribution in [0, 0.1) is 6.92 Å². The Hall–Kier alpha value is -1.22. The van der Waals surface area contributed by atoms with Crippen molar-refractivity contribution in [3.8, 4) is 5.75 Å². The van der Waals surface area contributed by atoms with Crippen molar-refractivity contribution in [3.63, 3.8) is 0 Å².